The van der Waals surface area contributed by atoms with E-state index in [1.165, 1.54) is 15.9 Å². The van der Waals surface area contributed by atoms with Gasteiger partial charge in [0, 0.05) is 42.6 Å². The minimum absolute atomic E-state index is 0.980. The number of nitrogens with zero attached hydrogens (tertiary/aromatic N) is 3. The highest BCUT2D eigenvalue weighted by Gasteiger charge is 2.19. The van der Waals surface area contributed by atoms with Gasteiger partial charge in [-0.25, -0.2) is 4.98 Å². The molecule has 1 fully saturated rings. The summed E-state index contributed by atoms with van der Waals surface area (Å²) in [6.45, 7) is 7.39. The second kappa shape index (κ2) is 6.24. The first-order valence-electron chi connectivity index (χ1n) is 6.85. The van der Waals surface area contributed by atoms with Gasteiger partial charge in [0.15, 0.2) is 0 Å². The Balaban J connectivity index is 1.58. The van der Waals surface area contributed by atoms with Crippen LogP contribution in [0.1, 0.15) is 10.7 Å². The first-order valence-corrected chi connectivity index (χ1v) is 8.52. The van der Waals surface area contributed by atoms with Crippen LogP contribution in [0.15, 0.2) is 34.1 Å². The molecule has 1 aliphatic heterocycles. The quantitative estimate of drug-likeness (QED) is 0.842. The number of halogens is 1. The fourth-order valence-electron chi connectivity index (χ4n) is 2.57. The van der Waals surface area contributed by atoms with Crippen molar-refractivity contribution in [3.8, 4) is 0 Å². The summed E-state index contributed by atoms with van der Waals surface area (Å²) >= 11 is 5.38. The molecule has 0 amide bonds. The van der Waals surface area contributed by atoms with Gasteiger partial charge in [0.05, 0.1) is 16.4 Å². The molecule has 1 aliphatic rings. The molecular formula is C15H18BrN3S. The fraction of sp³-hybridized carbons (Fsp3) is 0.400. The summed E-state index contributed by atoms with van der Waals surface area (Å²) in [5.41, 5.74) is 2.51. The summed E-state index contributed by atoms with van der Waals surface area (Å²) in [4.78, 5) is 9.49. The number of para-hydroxylation sites is 1. The zero-order valence-corrected chi connectivity index (χ0v) is 14.0. The van der Waals surface area contributed by atoms with E-state index < -0.39 is 0 Å². The van der Waals surface area contributed by atoms with Crippen molar-refractivity contribution >= 4 is 33.0 Å². The van der Waals surface area contributed by atoms with E-state index in [0.717, 1.165) is 37.7 Å². The van der Waals surface area contributed by atoms with Gasteiger partial charge in [-0.05, 0) is 35.0 Å². The Morgan fingerprint density at radius 3 is 2.60 bits per heavy atom. The number of aromatic nitrogens is 1. The molecule has 20 heavy (non-hydrogen) atoms. The van der Waals surface area contributed by atoms with Crippen LogP contribution in [0.3, 0.4) is 0 Å². The fourth-order valence-corrected chi connectivity index (χ4v) is 3.70. The van der Waals surface area contributed by atoms with Crippen LogP contribution in [0, 0.1) is 6.92 Å². The second-order valence-electron chi connectivity index (χ2n) is 5.07. The van der Waals surface area contributed by atoms with Crippen LogP contribution >= 0.6 is 27.3 Å². The lowest BCUT2D eigenvalue weighted by Crippen LogP contribution is -2.46. The van der Waals surface area contributed by atoms with E-state index in [0.29, 0.717) is 0 Å². The van der Waals surface area contributed by atoms with E-state index in [4.69, 9.17) is 0 Å². The number of anilines is 1. The summed E-state index contributed by atoms with van der Waals surface area (Å²) in [5.74, 6) is 0. The predicted molar refractivity (Wildman–Crippen MR) is 88.5 cm³/mol. The van der Waals surface area contributed by atoms with E-state index in [2.05, 4.69) is 67.3 Å². The molecule has 5 heteroatoms. The highest BCUT2D eigenvalue weighted by molar-refractivity contribution is 9.10. The maximum atomic E-state index is 4.55. The number of piperazine rings is 1. The summed E-state index contributed by atoms with van der Waals surface area (Å²) in [6.07, 6.45) is 0. The highest BCUT2D eigenvalue weighted by atomic mass is 79.9. The van der Waals surface area contributed by atoms with Crippen LogP contribution in [0.25, 0.3) is 0 Å². The summed E-state index contributed by atoms with van der Waals surface area (Å²) in [5, 5.41) is 3.34. The van der Waals surface area contributed by atoms with Gasteiger partial charge >= 0.3 is 0 Å². The lowest BCUT2D eigenvalue weighted by Gasteiger charge is -2.36. The van der Waals surface area contributed by atoms with Gasteiger partial charge in [0.2, 0.25) is 0 Å². The largest absolute Gasteiger partial charge is 0.368 e. The first-order chi connectivity index (χ1) is 9.72. The molecule has 1 aromatic carbocycles. The summed E-state index contributed by atoms with van der Waals surface area (Å²) in [6, 6.07) is 8.46. The Bertz CT molecular complexity index is 576. The lowest BCUT2D eigenvalue weighted by molar-refractivity contribution is 0.247. The highest BCUT2D eigenvalue weighted by Crippen LogP contribution is 2.26. The van der Waals surface area contributed by atoms with Gasteiger partial charge in [0.25, 0.3) is 0 Å². The van der Waals surface area contributed by atoms with Gasteiger partial charge in [-0.1, -0.05) is 12.1 Å². The molecule has 0 atom stereocenters. The molecule has 1 aromatic heterocycles. The normalized spacial score (nSPS) is 16.6. The van der Waals surface area contributed by atoms with Crippen molar-refractivity contribution in [3.63, 3.8) is 0 Å². The second-order valence-corrected chi connectivity index (χ2v) is 6.99. The average molecular weight is 352 g/mol. The Kier molecular flexibility index (Phi) is 4.38. The lowest BCUT2D eigenvalue weighted by atomic mass is 10.2. The molecule has 3 rings (SSSR count). The van der Waals surface area contributed by atoms with Crippen molar-refractivity contribution in [2.75, 3.05) is 31.1 Å². The zero-order valence-electron chi connectivity index (χ0n) is 11.6. The number of rotatable bonds is 3. The molecule has 0 aliphatic carbocycles. The van der Waals surface area contributed by atoms with Gasteiger partial charge in [-0.3, -0.25) is 4.90 Å². The Labute approximate surface area is 132 Å². The monoisotopic (exact) mass is 351 g/mol. The van der Waals surface area contributed by atoms with E-state index in [1.54, 1.807) is 11.3 Å². The third kappa shape index (κ3) is 3.22. The third-order valence-electron chi connectivity index (χ3n) is 3.62. The molecule has 0 saturated carbocycles. The first kappa shape index (κ1) is 14.0. The molecule has 0 unspecified atom stereocenters. The minimum Gasteiger partial charge on any atom is -0.368 e. The molecule has 0 radical (unpaired) electrons. The maximum Gasteiger partial charge on any atom is 0.0897 e. The van der Waals surface area contributed by atoms with Crippen molar-refractivity contribution in [1.29, 1.82) is 0 Å². The Hall–Kier alpha value is -0.910. The summed E-state index contributed by atoms with van der Waals surface area (Å²) < 4.78 is 1.18. The van der Waals surface area contributed by atoms with Crippen LogP contribution < -0.4 is 4.90 Å². The van der Waals surface area contributed by atoms with Crippen molar-refractivity contribution in [3.05, 3.63) is 44.8 Å². The van der Waals surface area contributed by atoms with E-state index >= 15 is 0 Å². The molecule has 0 N–H and O–H groups in total. The number of hydrogen-bond donors (Lipinski definition) is 0. The van der Waals surface area contributed by atoms with Crippen LogP contribution in [0.5, 0.6) is 0 Å². The van der Waals surface area contributed by atoms with Crippen LogP contribution in [0.4, 0.5) is 5.69 Å². The zero-order chi connectivity index (χ0) is 13.9. The van der Waals surface area contributed by atoms with Crippen LogP contribution in [-0.4, -0.2) is 36.1 Å². The summed E-state index contributed by atoms with van der Waals surface area (Å²) in [7, 11) is 0. The minimum atomic E-state index is 0.980. The smallest absolute Gasteiger partial charge is 0.0897 e. The molecule has 2 aromatic rings. The van der Waals surface area contributed by atoms with E-state index in [-0.39, 0.29) is 0 Å². The topological polar surface area (TPSA) is 19.4 Å². The molecule has 3 nitrogen and oxygen atoms in total. The Morgan fingerprint density at radius 2 is 1.95 bits per heavy atom. The van der Waals surface area contributed by atoms with Crippen molar-refractivity contribution in [2.45, 2.75) is 13.5 Å². The third-order valence-corrected chi connectivity index (χ3v) is 5.11. The van der Waals surface area contributed by atoms with Gasteiger partial charge in [-0.15, -0.1) is 11.3 Å². The number of thiazole rings is 1. The molecule has 0 spiro atoms. The SMILES string of the molecule is Cc1nc(CN2CCN(c3ccccc3Br)CC2)cs1. The molecular weight excluding hydrogens is 334 g/mol. The molecule has 1 saturated heterocycles. The predicted octanol–water partition coefficient (Wildman–Crippen LogP) is 3.54. The van der Waals surface area contributed by atoms with E-state index in [9.17, 15) is 0 Å². The van der Waals surface area contributed by atoms with Crippen molar-refractivity contribution in [2.24, 2.45) is 0 Å². The van der Waals surface area contributed by atoms with Gasteiger partial charge in [-0.2, -0.15) is 0 Å². The van der Waals surface area contributed by atoms with Gasteiger partial charge < -0.3 is 4.90 Å². The molecule has 106 valence electrons. The average Bonchev–Trinajstić information content (AvgIpc) is 2.86. The van der Waals surface area contributed by atoms with Crippen molar-refractivity contribution in [1.82, 2.24) is 9.88 Å². The molecule has 0 bridgehead atoms. The standard InChI is InChI=1S/C15H18BrN3S/c1-12-17-13(11-20-12)10-18-6-8-19(9-7-18)15-5-3-2-4-14(15)16/h2-5,11H,6-10H2,1H3. The number of aryl methyl sites for hydroxylation is 1. The molecule has 2 heterocycles. The number of hydrogen-bond acceptors (Lipinski definition) is 4. The van der Waals surface area contributed by atoms with Crippen molar-refractivity contribution < 1.29 is 0 Å². The number of benzene rings is 1. The maximum absolute atomic E-state index is 4.55. The van der Waals surface area contributed by atoms with E-state index in [1.807, 2.05) is 0 Å². The van der Waals surface area contributed by atoms with Crippen LogP contribution in [0.2, 0.25) is 0 Å². The van der Waals surface area contributed by atoms with Crippen LogP contribution in [-0.2, 0) is 6.54 Å². The van der Waals surface area contributed by atoms with Gasteiger partial charge in [0.1, 0.15) is 0 Å². The Morgan fingerprint density at radius 1 is 1.20 bits per heavy atom.